The Balaban J connectivity index is 2.01. The van der Waals surface area contributed by atoms with Gasteiger partial charge in [0.1, 0.15) is 22.7 Å². The normalized spacial score (nSPS) is 15.4. The van der Waals surface area contributed by atoms with E-state index in [4.69, 9.17) is 21.4 Å². The van der Waals surface area contributed by atoms with Crippen molar-refractivity contribution in [3.05, 3.63) is 57.3 Å². The maximum Gasteiger partial charge on any atom is 0.341 e. The van der Waals surface area contributed by atoms with Gasteiger partial charge in [0.15, 0.2) is 5.43 Å². The van der Waals surface area contributed by atoms with E-state index >= 15 is 0 Å². The number of methoxy groups -OCH3 is 1. The molecule has 1 N–H and O–H groups in total. The molecule has 3 heterocycles. The third-order valence-corrected chi connectivity index (χ3v) is 5.85. The van der Waals surface area contributed by atoms with E-state index in [-0.39, 0.29) is 17.0 Å². The van der Waals surface area contributed by atoms with Gasteiger partial charge in [0.2, 0.25) is 0 Å². The van der Waals surface area contributed by atoms with Gasteiger partial charge in [-0.1, -0.05) is 44.5 Å². The number of halogens is 1. The van der Waals surface area contributed by atoms with Crippen LogP contribution in [-0.4, -0.2) is 32.5 Å². The minimum absolute atomic E-state index is 0.125. The van der Waals surface area contributed by atoms with Crippen molar-refractivity contribution in [3.8, 4) is 28.4 Å². The van der Waals surface area contributed by atoms with Crippen LogP contribution in [0.15, 0.2) is 41.3 Å². The molecule has 0 amide bonds. The van der Waals surface area contributed by atoms with E-state index in [0.717, 1.165) is 5.56 Å². The van der Waals surface area contributed by atoms with Crippen molar-refractivity contribution in [3.63, 3.8) is 0 Å². The highest BCUT2D eigenvalue weighted by molar-refractivity contribution is 6.35. The smallest absolute Gasteiger partial charge is 0.341 e. The minimum atomic E-state index is -1.25. The fourth-order valence-corrected chi connectivity index (χ4v) is 4.26. The molecule has 7 nitrogen and oxygen atoms in total. The van der Waals surface area contributed by atoms with E-state index in [1.807, 2.05) is 28.8 Å². The van der Waals surface area contributed by atoms with Gasteiger partial charge in [0, 0.05) is 17.8 Å². The van der Waals surface area contributed by atoms with Crippen molar-refractivity contribution < 1.29 is 14.6 Å². The second kappa shape index (κ2) is 7.02. The molecule has 4 rings (SSSR count). The Morgan fingerprint density at radius 3 is 2.63 bits per heavy atom. The van der Waals surface area contributed by atoms with Gasteiger partial charge in [-0.2, -0.15) is 5.10 Å². The third kappa shape index (κ3) is 3.10. The van der Waals surface area contributed by atoms with Gasteiger partial charge in [0.25, 0.3) is 0 Å². The molecule has 30 heavy (non-hydrogen) atoms. The summed E-state index contributed by atoms with van der Waals surface area (Å²) >= 11 is 6.78. The van der Waals surface area contributed by atoms with E-state index in [2.05, 4.69) is 20.8 Å². The molecule has 2 aromatic heterocycles. The average Bonchev–Trinajstić information content (AvgIpc) is 3.02. The summed E-state index contributed by atoms with van der Waals surface area (Å²) in [6, 6.07) is 8.67. The van der Waals surface area contributed by atoms with Crippen LogP contribution < -0.4 is 10.2 Å². The predicted octanol–water partition coefficient (Wildman–Crippen LogP) is 4.34. The van der Waals surface area contributed by atoms with Crippen LogP contribution in [0.4, 0.5) is 0 Å². The first-order valence-corrected chi connectivity index (χ1v) is 9.90. The number of fused-ring (bicyclic) bond motifs is 3. The largest absolute Gasteiger partial charge is 0.496 e. The van der Waals surface area contributed by atoms with Crippen LogP contribution in [0.1, 0.15) is 37.2 Å². The van der Waals surface area contributed by atoms with E-state index in [1.165, 1.54) is 12.3 Å². The number of hydrogen-bond donors (Lipinski definition) is 1. The van der Waals surface area contributed by atoms with Gasteiger partial charge in [-0.3, -0.25) is 9.48 Å². The van der Waals surface area contributed by atoms with Crippen molar-refractivity contribution in [1.82, 2.24) is 14.3 Å². The van der Waals surface area contributed by atoms with Gasteiger partial charge in [-0.15, -0.1) is 0 Å². The van der Waals surface area contributed by atoms with Crippen LogP contribution in [0.2, 0.25) is 5.02 Å². The van der Waals surface area contributed by atoms with Crippen molar-refractivity contribution in [2.24, 2.45) is 5.41 Å². The van der Waals surface area contributed by atoms with Gasteiger partial charge < -0.3 is 14.4 Å². The maximum absolute atomic E-state index is 12.5. The van der Waals surface area contributed by atoms with Crippen molar-refractivity contribution >= 4 is 17.6 Å². The van der Waals surface area contributed by atoms with Crippen LogP contribution in [0.5, 0.6) is 5.75 Å². The van der Waals surface area contributed by atoms with Gasteiger partial charge in [-0.05, 0) is 17.5 Å². The molecule has 156 valence electrons. The van der Waals surface area contributed by atoms with Crippen molar-refractivity contribution in [2.45, 2.75) is 33.4 Å². The second-order valence-electron chi connectivity index (χ2n) is 8.42. The number of aromatic carboxylic acids is 1. The van der Waals surface area contributed by atoms with E-state index in [0.29, 0.717) is 34.4 Å². The molecule has 0 spiro atoms. The van der Waals surface area contributed by atoms with Crippen molar-refractivity contribution in [2.75, 3.05) is 7.11 Å². The van der Waals surface area contributed by atoms with Crippen LogP contribution >= 0.6 is 11.6 Å². The first-order valence-electron chi connectivity index (χ1n) is 9.53. The molecule has 1 aliphatic rings. The number of carboxylic acids is 1. The van der Waals surface area contributed by atoms with Gasteiger partial charge in [0.05, 0.1) is 30.4 Å². The van der Waals surface area contributed by atoms with E-state index in [1.54, 1.807) is 11.8 Å². The molecule has 0 bridgehead atoms. The van der Waals surface area contributed by atoms with Gasteiger partial charge >= 0.3 is 5.97 Å². The quantitative estimate of drug-likeness (QED) is 0.671. The lowest BCUT2D eigenvalue weighted by molar-refractivity contribution is 0.0693. The SMILES string of the molecule is COc1ccccc1-c1nn2c(c1Cl)-c1cc(=O)c(C(=O)O)cn1C(C(C)(C)C)C2. The first kappa shape index (κ1) is 20.2. The summed E-state index contributed by atoms with van der Waals surface area (Å²) in [6.07, 6.45) is 1.42. The molecule has 1 atom stereocenters. The number of carbonyl (C=O) groups is 1. The fourth-order valence-electron chi connectivity index (χ4n) is 3.93. The Bertz CT molecular complexity index is 1220. The number of hydrogen-bond acceptors (Lipinski definition) is 4. The highest BCUT2D eigenvalue weighted by atomic mass is 35.5. The zero-order valence-electron chi connectivity index (χ0n) is 17.1. The molecule has 8 heteroatoms. The molecule has 1 unspecified atom stereocenters. The molecule has 3 aromatic rings. The Hall–Kier alpha value is -3.06. The Kier molecular flexibility index (Phi) is 4.73. The lowest BCUT2D eigenvalue weighted by atomic mass is 9.85. The number of para-hydroxylation sites is 1. The fraction of sp³-hybridized carbons (Fsp3) is 0.318. The van der Waals surface area contributed by atoms with Crippen LogP contribution in [0, 0.1) is 5.41 Å². The molecular weight excluding hydrogens is 406 g/mol. The summed E-state index contributed by atoms with van der Waals surface area (Å²) in [6.45, 7) is 6.69. The number of aromatic nitrogens is 3. The average molecular weight is 428 g/mol. The maximum atomic E-state index is 12.5. The Morgan fingerprint density at radius 1 is 1.30 bits per heavy atom. The number of benzene rings is 1. The lowest BCUT2D eigenvalue weighted by Crippen LogP contribution is -2.35. The molecule has 0 radical (unpaired) electrons. The Labute approximate surface area is 178 Å². The molecule has 1 aromatic carbocycles. The highest BCUT2D eigenvalue weighted by Gasteiger charge is 2.36. The molecule has 0 saturated heterocycles. The lowest BCUT2D eigenvalue weighted by Gasteiger charge is -2.38. The molecule has 1 aliphatic heterocycles. The summed E-state index contributed by atoms with van der Waals surface area (Å²) < 4.78 is 9.11. The minimum Gasteiger partial charge on any atom is -0.496 e. The monoisotopic (exact) mass is 427 g/mol. The standard InChI is InChI=1S/C22H22ClN3O4/c1-22(2,3)17-11-26-20(14-9-15(27)13(21(28)29)10-25(14)17)18(23)19(24-26)12-7-5-6-8-16(12)30-4/h5-10,17H,11H2,1-4H3,(H,28,29). The molecule has 0 aliphatic carbocycles. The number of nitrogens with zero attached hydrogens (tertiary/aromatic N) is 3. The number of ether oxygens (including phenoxy) is 1. The second-order valence-corrected chi connectivity index (χ2v) is 8.80. The summed E-state index contributed by atoms with van der Waals surface area (Å²) in [5.41, 5.74) is 1.39. The zero-order chi connectivity index (χ0) is 21.8. The molecule has 0 saturated carbocycles. The summed E-state index contributed by atoms with van der Waals surface area (Å²) in [7, 11) is 1.58. The van der Waals surface area contributed by atoms with Crippen LogP contribution in [-0.2, 0) is 6.54 Å². The number of rotatable bonds is 3. The topological polar surface area (TPSA) is 86.3 Å². The Morgan fingerprint density at radius 2 is 2.00 bits per heavy atom. The summed E-state index contributed by atoms with van der Waals surface area (Å²) in [5, 5.41) is 14.6. The van der Waals surface area contributed by atoms with Crippen molar-refractivity contribution in [1.29, 1.82) is 0 Å². The molecule has 0 fully saturated rings. The molecular formula is C22H22ClN3O4. The van der Waals surface area contributed by atoms with E-state index in [9.17, 15) is 14.7 Å². The number of pyridine rings is 1. The zero-order valence-corrected chi connectivity index (χ0v) is 17.9. The third-order valence-electron chi connectivity index (χ3n) is 5.49. The van der Waals surface area contributed by atoms with E-state index < -0.39 is 11.4 Å². The predicted molar refractivity (Wildman–Crippen MR) is 114 cm³/mol. The van der Waals surface area contributed by atoms with Crippen LogP contribution in [0.25, 0.3) is 22.6 Å². The number of carboxylic acid groups (broad SMARTS) is 1. The summed E-state index contributed by atoms with van der Waals surface area (Å²) in [5.74, 6) is -0.608. The van der Waals surface area contributed by atoms with Crippen LogP contribution in [0.3, 0.4) is 0 Å². The summed E-state index contributed by atoms with van der Waals surface area (Å²) in [4.78, 5) is 24.1. The highest BCUT2D eigenvalue weighted by Crippen LogP contribution is 2.45. The first-order chi connectivity index (χ1) is 14.1. The van der Waals surface area contributed by atoms with Gasteiger partial charge in [-0.25, -0.2) is 4.79 Å².